The number of nitrogens with zero attached hydrogens (tertiary/aromatic N) is 2. The first-order valence-electron chi connectivity index (χ1n) is 12.3. The molecule has 8 heteroatoms. The maximum absolute atomic E-state index is 12.1. The molecule has 3 aromatic rings. The second kappa shape index (κ2) is 17.2. The normalized spacial score (nSPS) is 15.3. The molecule has 0 aromatic heterocycles. The van der Waals surface area contributed by atoms with E-state index in [1.807, 2.05) is 67.6 Å². The Morgan fingerprint density at radius 3 is 2.00 bits per heavy atom. The number of carboxylic acids is 1. The van der Waals surface area contributed by atoms with Gasteiger partial charge >= 0.3 is 5.97 Å². The molecule has 1 aliphatic heterocycles. The molecule has 1 atom stereocenters. The Bertz CT molecular complexity index is 1140. The summed E-state index contributed by atoms with van der Waals surface area (Å²) in [5, 5.41) is 19.1. The lowest BCUT2D eigenvalue weighted by Gasteiger charge is -2.31. The second-order valence-corrected chi connectivity index (χ2v) is 9.55. The summed E-state index contributed by atoms with van der Waals surface area (Å²) in [7, 11) is 0. The van der Waals surface area contributed by atoms with Gasteiger partial charge in [0, 0.05) is 23.0 Å². The molecular formula is C30H32Cl2N2O4. The number of carbonyl (C=O) groups is 2. The molecule has 1 heterocycles. The van der Waals surface area contributed by atoms with Crippen LogP contribution in [0, 0.1) is 18.3 Å². The van der Waals surface area contributed by atoms with E-state index in [0.717, 1.165) is 15.6 Å². The van der Waals surface area contributed by atoms with Gasteiger partial charge in [0.15, 0.2) is 0 Å². The maximum atomic E-state index is 12.1. The minimum atomic E-state index is -1.03. The van der Waals surface area contributed by atoms with Crippen LogP contribution < -0.4 is 0 Å². The van der Waals surface area contributed by atoms with Gasteiger partial charge in [-0.1, -0.05) is 90.5 Å². The highest BCUT2D eigenvalue weighted by molar-refractivity contribution is 6.30. The molecule has 2 fully saturated rings. The molecule has 1 aliphatic carbocycles. The summed E-state index contributed by atoms with van der Waals surface area (Å²) in [6, 6.07) is 26.1. The van der Waals surface area contributed by atoms with Crippen LogP contribution in [0.5, 0.6) is 0 Å². The summed E-state index contributed by atoms with van der Waals surface area (Å²) in [6.45, 7) is 2.37. The smallest absolute Gasteiger partial charge is 0.323 e. The molecule has 200 valence electrons. The molecular weight excluding hydrogens is 523 g/mol. The number of ether oxygens (including phenoxy) is 1. The summed E-state index contributed by atoms with van der Waals surface area (Å²) in [4.78, 5) is 24.0. The van der Waals surface area contributed by atoms with Crippen LogP contribution in [0.4, 0.5) is 0 Å². The molecule has 0 radical (unpaired) electrons. The summed E-state index contributed by atoms with van der Waals surface area (Å²) in [6.07, 6.45) is 4.22. The zero-order valence-corrected chi connectivity index (χ0v) is 22.9. The highest BCUT2D eigenvalue weighted by Crippen LogP contribution is 2.15. The maximum Gasteiger partial charge on any atom is 0.323 e. The Morgan fingerprint density at radius 2 is 1.55 bits per heavy atom. The lowest BCUT2D eigenvalue weighted by Crippen LogP contribution is -2.50. The highest BCUT2D eigenvalue weighted by atomic mass is 35.5. The molecule has 1 amide bonds. The number of aryl methyl sites for hydroxylation is 1. The second-order valence-electron chi connectivity index (χ2n) is 8.68. The number of rotatable bonds is 4. The Morgan fingerprint density at radius 1 is 0.974 bits per heavy atom. The fraction of sp³-hybridized carbons (Fsp3) is 0.300. The van der Waals surface area contributed by atoms with Gasteiger partial charge in [-0.3, -0.25) is 9.59 Å². The SMILES string of the molecule is C1CC1.Cc1ccc(Cl)cc1.Clc1ccccc1.N#Cc1ccc(CC2OCCN(CC(=O)O)C2=O)cc1. The van der Waals surface area contributed by atoms with E-state index < -0.39 is 12.1 Å². The summed E-state index contributed by atoms with van der Waals surface area (Å²) in [5.74, 6) is -1.33. The van der Waals surface area contributed by atoms with Crippen molar-refractivity contribution in [2.45, 2.75) is 38.7 Å². The number of benzene rings is 3. The van der Waals surface area contributed by atoms with E-state index >= 15 is 0 Å². The van der Waals surface area contributed by atoms with Gasteiger partial charge in [-0.15, -0.1) is 0 Å². The van der Waals surface area contributed by atoms with Crippen LogP contribution in [0.2, 0.25) is 10.0 Å². The minimum Gasteiger partial charge on any atom is -0.480 e. The third-order valence-corrected chi connectivity index (χ3v) is 5.70. The van der Waals surface area contributed by atoms with Gasteiger partial charge in [0.2, 0.25) is 0 Å². The van der Waals surface area contributed by atoms with Gasteiger partial charge in [-0.05, 0) is 48.9 Å². The number of carbonyl (C=O) groups excluding carboxylic acids is 1. The Labute approximate surface area is 234 Å². The van der Waals surface area contributed by atoms with Crippen molar-refractivity contribution in [1.29, 1.82) is 5.26 Å². The van der Waals surface area contributed by atoms with E-state index in [0.29, 0.717) is 25.1 Å². The van der Waals surface area contributed by atoms with Crippen LogP contribution in [-0.2, 0) is 20.7 Å². The molecule has 38 heavy (non-hydrogen) atoms. The van der Waals surface area contributed by atoms with E-state index in [-0.39, 0.29) is 12.5 Å². The number of nitriles is 1. The van der Waals surface area contributed by atoms with Crippen LogP contribution in [0.25, 0.3) is 0 Å². The van der Waals surface area contributed by atoms with Crippen molar-refractivity contribution in [3.05, 3.63) is 106 Å². The number of morpholine rings is 1. The van der Waals surface area contributed by atoms with E-state index in [9.17, 15) is 9.59 Å². The quantitative estimate of drug-likeness (QED) is 0.393. The van der Waals surface area contributed by atoms with Crippen LogP contribution >= 0.6 is 23.2 Å². The molecule has 3 aromatic carbocycles. The molecule has 1 saturated carbocycles. The van der Waals surface area contributed by atoms with Crippen molar-refractivity contribution in [3.63, 3.8) is 0 Å². The van der Waals surface area contributed by atoms with E-state index in [4.69, 9.17) is 38.3 Å². The number of hydrogen-bond donors (Lipinski definition) is 1. The van der Waals surface area contributed by atoms with E-state index in [1.54, 1.807) is 24.3 Å². The number of amides is 1. The topological polar surface area (TPSA) is 90.6 Å². The first kappa shape index (κ1) is 30.9. The Kier molecular flexibility index (Phi) is 14.0. The van der Waals surface area contributed by atoms with Gasteiger partial charge in [-0.2, -0.15) is 5.26 Å². The first-order chi connectivity index (χ1) is 18.3. The largest absolute Gasteiger partial charge is 0.480 e. The lowest BCUT2D eigenvalue weighted by molar-refractivity contribution is -0.158. The molecule has 1 saturated heterocycles. The molecule has 1 N–H and O–H groups in total. The zero-order valence-electron chi connectivity index (χ0n) is 21.4. The number of hydrogen-bond acceptors (Lipinski definition) is 4. The molecule has 6 nitrogen and oxygen atoms in total. The van der Waals surface area contributed by atoms with Crippen LogP contribution in [0.15, 0.2) is 78.9 Å². The van der Waals surface area contributed by atoms with Crippen LogP contribution in [-0.4, -0.2) is 47.7 Å². The predicted octanol–water partition coefficient (Wildman–Crippen LogP) is 6.57. The van der Waals surface area contributed by atoms with Gasteiger partial charge in [0.05, 0.1) is 18.2 Å². The minimum absolute atomic E-state index is 0.300. The third kappa shape index (κ3) is 13.3. The van der Waals surface area contributed by atoms with Crippen molar-refractivity contribution in [3.8, 4) is 6.07 Å². The fourth-order valence-corrected chi connectivity index (χ4v) is 3.31. The van der Waals surface area contributed by atoms with Crippen molar-refractivity contribution < 1.29 is 19.4 Å². The van der Waals surface area contributed by atoms with Gasteiger partial charge in [0.25, 0.3) is 5.91 Å². The number of halogens is 2. The molecule has 0 spiro atoms. The fourth-order valence-electron chi connectivity index (χ4n) is 3.03. The van der Waals surface area contributed by atoms with Crippen molar-refractivity contribution in [1.82, 2.24) is 4.90 Å². The summed E-state index contributed by atoms with van der Waals surface area (Å²) < 4.78 is 5.41. The summed E-state index contributed by atoms with van der Waals surface area (Å²) >= 11 is 11.2. The molecule has 2 aliphatic rings. The average molecular weight is 556 g/mol. The molecule has 5 rings (SSSR count). The molecule has 1 unspecified atom stereocenters. The van der Waals surface area contributed by atoms with Crippen molar-refractivity contribution >= 4 is 35.1 Å². The number of aliphatic carboxylic acids is 1. The average Bonchev–Trinajstić information content (AvgIpc) is 3.80. The first-order valence-corrected chi connectivity index (χ1v) is 13.1. The zero-order chi connectivity index (χ0) is 27.8. The van der Waals surface area contributed by atoms with Gasteiger partial charge < -0.3 is 14.7 Å². The van der Waals surface area contributed by atoms with Crippen molar-refractivity contribution in [2.24, 2.45) is 0 Å². The van der Waals surface area contributed by atoms with E-state index in [1.165, 1.54) is 29.7 Å². The molecule has 0 bridgehead atoms. The standard InChI is InChI=1S/C14H14N2O4.C7H7Cl.C6H5Cl.C3H6/c15-8-11-3-1-10(2-4-11)7-12-14(19)16(5-6-20-12)9-13(17)18;1-6-2-4-7(8)5-3-6;7-6-4-2-1-3-5-6;1-2-3-1/h1-4,12H,5-7,9H2,(H,17,18);2-5H,1H3;1-5H;1-3H2. The van der Waals surface area contributed by atoms with E-state index in [2.05, 4.69) is 0 Å². The predicted molar refractivity (Wildman–Crippen MR) is 150 cm³/mol. The summed E-state index contributed by atoms with van der Waals surface area (Å²) in [5.41, 5.74) is 2.67. The Hall–Kier alpha value is -3.37. The lowest BCUT2D eigenvalue weighted by atomic mass is 10.0. The monoisotopic (exact) mass is 554 g/mol. The Balaban J connectivity index is 0.000000227. The number of carboxylic acid groups (broad SMARTS) is 1. The highest BCUT2D eigenvalue weighted by Gasteiger charge is 2.30. The third-order valence-electron chi connectivity index (χ3n) is 5.20. The van der Waals surface area contributed by atoms with Crippen molar-refractivity contribution in [2.75, 3.05) is 19.7 Å². The van der Waals surface area contributed by atoms with Gasteiger partial charge in [0.1, 0.15) is 12.6 Å². The van der Waals surface area contributed by atoms with Crippen LogP contribution in [0.1, 0.15) is 36.0 Å². The van der Waals surface area contributed by atoms with Crippen LogP contribution in [0.3, 0.4) is 0 Å². The van der Waals surface area contributed by atoms with Gasteiger partial charge in [-0.25, -0.2) is 0 Å².